The SMILES string of the molecule is COc1cc(OC)cc(C(CN)CF)c1. The number of halogens is 1. The Kier molecular flexibility index (Phi) is 4.37. The lowest BCUT2D eigenvalue weighted by Gasteiger charge is -2.13. The molecule has 0 aliphatic rings. The van der Waals surface area contributed by atoms with E-state index in [4.69, 9.17) is 15.2 Å². The number of hydrogen-bond donors (Lipinski definition) is 1. The van der Waals surface area contributed by atoms with Crippen molar-refractivity contribution in [1.82, 2.24) is 0 Å². The van der Waals surface area contributed by atoms with Crippen LogP contribution < -0.4 is 15.2 Å². The van der Waals surface area contributed by atoms with E-state index >= 15 is 0 Å². The molecule has 84 valence electrons. The van der Waals surface area contributed by atoms with E-state index in [-0.39, 0.29) is 12.5 Å². The second-order valence-electron chi connectivity index (χ2n) is 3.23. The van der Waals surface area contributed by atoms with Gasteiger partial charge in [-0.15, -0.1) is 0 Å². The van der Waals surface area contributed by atoms with Crippen molar-refractivity contribution in [3.05, 3.63) is 23.8 Å². The smallest absolute Gasteiger partial charge is 0.122 e. The summed E-state index contributed by atoms with van der Waals surface area (Å²) in [6.07, 6.45) is 0. The monoisotopic (exact) mass is 213 g/mol. The van der Waals surface area contributed by atoms with Gasteiger partial charge in [0, 0.05) is 18.5 Å². The van der Waals surface area contributed by atoms with Gasteiger partial charge in [-0.2, -0.15) is 0 Å². The van der Waals surface area contributed by atoms with E-state index < -0.39 is 6.67 Å². The predicted molar refractivity (Wildman–Crippen MR) is 57.3 cm³/mol. The molecule has 1 rings (SSSR count). The average Bonchev–Trinajstić information content (AvgIpc) is 2.30. The molecule has 0 aromatic heterocycles. The normalized spacial score (nSPS) is 12.3. The highest BCUT2D eigenvalue weighted by molar-refractivity contribution is 5.40. The number of rotatable bonds is 5. The first-order valence-corrected chi connectivity index (χ1v) is 4.74. The van der Waals surface area contributed by atoms with Gasteiger partial charge in [0.1, 0.15) is 11.5 Å². The number of benzene rings is 1. The van der Waals surface area contributed by atoms with Gasteiger partial charge in [-0.1, -0.05) is 0 Å². The van der Waals surface area contributed by atoms with Crippen LogP contribution in [0.3, 0.4) is 0 Å². The van der Waals surface area contributed by atoms with Crippen molar-refractivity contribution in [2.75, 3.05) is 27.4 Å². The Balaban J connectivity index is 3.05. The summed E-state index contributed by atoms with van der Waals surface area (Å²) in [7, 11) is 3.12. The van der Waals surface area contributed by atoms with Crippen LogP contribution in [0.5, 0.6) is 11.5 Å². The minimum absolute atomic E-state index is 0.271. The molecule has 0 saturated carbocycles. The van der Waals surface area contributed by atoms with Crippen LogP contribution in [0, 0.1) is 0 Å². The molecule has 0 fully saturated rings. The van der Waals surface area contributed by atoms with Crippen molar-refractivity contribution in [3.63, 3.8) is 0 Å². The summed E-state index contributed by atoms with van der Waals surface area (Å²) in [4.78, 5) is 0. The van der Waals surface area contributed by atoms with Crippen LogP contribution >= 0.6 is 0 Å². The van der Waals surface area contributed by atoms with Crippen molar-refractivity contribution in [2.45, 2.75) is 5.92 Å². The van der Waals surface area contributed by atoms with Gasteiger partial charge in [-0.3, -0.25) is 4.39 Å². The highest BCUT2D eigenvalue weighted by Gasteiger charge is 2.12. The van der Waals surface area contributed by atoms with Crippen molar-refractivity contribution >= 4 is 0 Å². The third-order valence-corrected chi connectivity index (χ3v) is 2.32. The van der Waals surface area contributed by atoms with Crippen LogP contribution in [0.2, 0.25) is 0 Å². The Bertz CT molecular complexity index is 291. The fourth-order valence-electron chi connectivity index (χ4n) is 1.35. The fraction of sp³-hybridized carbons (Fsp3) is 0.455. The summed E-state index contributed by atoms with van der Waals surface area (Å²) in [5, 5.41) is 0. The molecule has 4 heteroatoms. The first-order chi connectivity index (χ1) is 7.24. The molecular weight excluding hydrogens is 197 g/mol. The number of ether oxygens (including phenoxy) is 2. The molecule has 0 saturated heterocycles. The van der Waals surface area contributed by atoms with Gasteiger partial charge in [-0.05, 0) is 17.7 Å². The molecule has 1 aromatic carbocycles. The molecule has 0 spiro atoms. The summed E-state index contributed by atoms with van der Waals surface area (Å²) >= 11 is 0. The molecular formula is C11H16FNO2. The number of hydrogen-bond acceptors (Lipinski definition) is 3. The summed E-state index contributed by atoms with van der Waals surface area (Å²) < 4.78 is 22.8. The molecule has 1 atom stereocenters. The Morgan fingerprint density at radius 3 is 2.07 bits per heavy atom. The zero-order chi connectivity index (χ0) is 11.3. The van der Waals surface area contributed by atoms with Gasteiger partial charge in [-0.25, -0.2) is 0 Å². The van der Waals surface area contributed by atoms with Gasteiger partial charge in [0.05, 0.1) is 20.9 Å². The minimum Gasteiger partial charge on any atom is -0.497 e. The largest absolute Gasteiger partial charge is 0.497 e. The zero-order valence-electron chi connectivity index (χ0n) is 9.00. The summed E-state index contributed by atoms with van der Waals surface area (Å²) in [5.41, 5.74) is 6.28. The first kappa shape index (κ1) is 11.8. The lowest BCUT2D eigenvalue weighted by atomic mass is 10.00. The van der Waals surface area contributed by atoms with Gasteiger partial charge < -0.3 is 15.2 Å². The van der Waals surface area contributed by atoms with Gasteiger partial charge >= 0.3 is 0 Å². The van der Waals surface area contributed by atoms with Crippen molar-refractivity contribution < 1.29 is 13.9 Å². The van der Waals surface area contributed by atoms with Crippen LogP contribution in [-0.4, -0.2) is 27.4 Å². The van der Waals surface area contributed by atoms with Crippen molar-refractivity contribution in [3.8, 4) is 11.5 Å². The summed E-state index contributed by atoms with van der Waals surface area (Å²) in [5.74, 6) is 1.00. The lowest BCUT2D eigenvalue weighted by molar-refractivity contribution is 0.389. The summed E-state index contributed by atoms with van der Waals surface area (Å²) in [6.45, 7) is -0.209. The Labute approximate surface area is 89.0 Å². The summed E-state index contributed by atoms with van der Waals surface area (Å²) in [6, 6.07) is 5.30. The molecule has 0 aliphatic carbocycles. The molecule has 3 nitrogen and oxygen atoms in total. The maximum atomic E-state index is 12.7. The topological polar surface area (TPSA) is 44.5 Å². The fourth-order valence-corrected chi connectivity index (χ4v) is 1.35. The second kappa shape index (κ2) is 5.56. The average molecular weight is 213 g/mol. The second-order valence-corrected chi connectivity index (χ2v) is 3.23. The molecule has 1 unspecified atom stereocenters. The first-order valence-electron chi connectivity index (χ1n) is 4.74. The van der Waals surface area contributed by atoms with E-state index in [1.807, 2.05) is 0 Å². The van der Waals surface area contributed by atoms with Gasteiger partial charge in [0.15, 0.2) is 0 Å². The number of methoxy groups -OCH3 is 2. The van der Waals surface area contributed by atoms with E-state index in [1.54, 1.807) is 32.4 Å². The molecule has 0 heterocycles. The molecule has 0 aliphatic heterocycles. The maximum absolute atomic E-state index is 12.7. The molecule has 15 heavy (non-hydrogen) atoms. The highest BCUT2D eigenvalue weighted by Crippen LogP contribution is 2.27. The van der Waals surface area contributed by atoms with E-state index in [9.17, 15) is 4.39 Å². The standard InChI is InChI=1S/C11H16FNO2/c1-14-10-3-8(9(6-12)7-13)4-11(5-10)15-2/h3-5,9H,6-7,13H2,1-2H3. The van der Waals surface area contributed by atoms with Crippen molar-refractivity contribution in [1.29, 1.82) is 0 Å². The van der Waals surface area contributed by atoms with E-state index in [0.717, 1.165) is 5.56 Å². The maximum Gasteiger partial charge on any atom is 0.122 e. The third kappa shape index (κ3) is 2.83. The van der Waals surface area contributed by atoms with Crippen LogP contribution in [0.1, 0.15) is 11.5 Å². The van der Waals surface area contributed by atoms with E-state index in [0.29, 0.717) is 11.5 Å². The van der Waals surface area contributed by atoms with Crippen LogP contribution in [-0.2, 0) is 0 Å². The molecule has 0 amide bonds. The molecule has 2 N–H and O–H groups in total. The number of nitrogens with two attached hydrogens (primary N) is 1. The van der Waals surface area contributed by atoms with Gasteiger partial charge in [0.25, 0.3) is 0 Å². The minimum atomic E-state index is -0.479. The van der Waals surface area contributed by atoms with Crippen LogP contribution in [0.25, 0.3) is 0 Å². The predicted octanol–water partition coefficient (Wildman–Crippen LogP) is 1.72. The van der Waals surface area contributed by atoms with Crippen molar-refractivity contribution in [2.24, 2.45) is 5.73 Å². The van der Waals surface area contributed by atoms with Crippen LogP contribution in [0.15, 0.2) is 18.2 Å². The molecule has 1 aromatic rings. The molecule has 0 radical (unpaired) electrons. The van der Waals surface area contributed by atoms with Gasteiger partial charge in [0.2, 0.25) is 0 Å². The number of alkyl halides is 1. The van der Waals surface area contributed by atoms with Crippen LogP contribution in [0.4, 0.5) is 4.39 Å². The Morgan fingerprint density at radius 1 is 1.20 bits per heavy atom. The molecule has 0 bridgehead atoms. The van der Waals surface area contributed by atoms with E-state index in [2.05, 4.69) is 0 Å². The third-order valence-electron chi connectivity index (χ3n) is 2.32. The highest BCUT2D eigenvalue weighted by atomic mass is 19.1. The lowest BCUT2D eigenvalue weighted by Crippen LogP contribution is -2.14. The Hall–Kier alpha value is -1.29. The quantitative estimate of drug-likeness (QED) is 0.809. The zero-order valence-corrected chi connectivity index (χ0v) is 9.00. The van der Waals surface area contributed by atoms with E-state index in [1.165, 1.54) is 0 Å². The Morgan fingerprint density at radius 2 is 1.73 bits per heavy atom.